The Labute approximate surface area is 248 Å². The lowest BCUT2D eigenvalue weighted by atomic mass is 10.1. The van der Waals surface area contributed by atoms with Crippen LogP contribution in [0.15, 0.2) is 41.3 Å². The third kappa shape index (κ3) is 6.29. The standard InChI is InChI=1S/C26H25ClF3N5O5S2/c1-15-19-10-16(4-7-21(19)35(31-15)13-17-5-6-18(27)12-20(17)26(28,29)30)11-22-24(37)34(25(38)41-22)14-23(36)32-42(39,40)33-8-2-3-9-33/h4-7,10-12,25,38H,2-3,8-9,13-14H2,1H3,(H,32,36)/b22-11-. The summed E-state index contributed by atoms with van der Waals surface area (Å²) in [5.74, 6) is -1.61. The van der Waals surface area contributed by atoms with E-state index in [-0.39, 0.29) is 22.0 Å². The number of carbonyl (C=O) groups is 2. The summed E-state index contributed by atoms with van der Waals surface area (Å²) in [6.45, 7) is 1.50. The number of nitrogens with one attached hydrogen (secondary N) is 1. The van der Waals surface area contributed by atoms with Gasteiger partial charge in [-0.1, -0.05) is 35.5 Å². The number of aryl methyl sites for hydroxylation is 1. The van der Waals surface area contributed by atoms with Crippen molar-refractivity contribution < 1.29 is 36.3 Å². The first-order chi connectivity index (χ1) is 19.7. The van der Waals surface area contributed by atoms with E-state index in [0.717, 1.165) is 27.0 Å². The summed E-state index contributed by atoms with van der Waals surface area (Å²) in [6, 6.07) is 8.61. The van der Waals surface area contributed by atoms with Crippen LogP contribution >= 0.6 is 23.4 Å². The van der Waals surface area contributed by atoms with Crippen LogP contribution in [0.5, 0.6) is 0 Å². The third-order valence-corrected chi connectivity index (χ3v) is 9.66. The smallest absolute Gasteiger partial charge is 0.364 e. The molecule has 2 aromatic carbocycles. The number of thioether (sulfide) groups is 1. The summed E-state index contributed by atoms with van der Waals surface area (Å²) in [4.78, 5) is 26.4. The van der Waals surface area contributed by atoms with Gasteiger partial charge in [0.25, 0.3) is 11.8 Å². The minimum absolute atomic E-state index is 0.00166. The Kier molecular flexibility index (Phi) is 8.33. The number of halogens is 4. The molecule has 2 N–H and O–H groups in total. The quantitative estimate of drug-likeness (QED) is 0.376. The van der Waals surface area contributed by atoms with E-state index in [2.05, 4.69) is 5.10 Å². The summed E-state index contributed by atoms with van der Waals surface area (Å²) >= 11 is 6.60. The van der Waals surface area contributed by atoms with E-state index < -0.39 is 45.9 Å². The maximum atomic E-state index is 13.6. The van der Waals surface area contributed by atoms with Crippen LogP contribution in [0, 0.1) is 6.92 Å². The van der Waals surface area contributed by atoms with Gasteiger partial charge in [0.2, 0.25) is 0 Å². The van der Waals surface area contributed by atoms with Crippen molar-refractivity contribution in [1.29, 1.82) is 0 Å². The van der Waals surface area contributed by atoms with Crippen molar-refractivity contribution in [2.45, 2.75) is 38.0 Å². The number of amides is 2. The normalized spacial score (nSPS) is 19.4. The molecule has 2 aliphatic rings. The number of hydrogen-bond acceptors (Lipinski definition) is 7. The molecule has 0 radical (unpaired) electrons. The molecular weight excluding hydrogens is 619 g/mol. The van der Waals surface area contributed by atoms with E-state index in [0.29, 0.717) is 48.1 Å². The van der Waals surface area contributed by atoms with Crippen LogP contribution in [-0.4, -0.2) is 69.5 Å². The lowest BCUT2D eigenvalue weighted by Crippen LogP contribution is -2.47. The van der Waals surface area contributed by atoms with Gasteiger partial charge in [0.05, 0.1) is 28.2 Å². The number of nitrogens with zero attached hydrogens (tertiary/aromatic N) is 4. The topological polar surface area (TPSA) is 125 Å². The monoisotopic (exact) mass is 643 g/mol. The van der Waals surface area contributed by atoms with Crippen LogP contribution in [0.25, 0.3) is 17.0 Å². The molecule has 2 saturated heterocycles. The lowest BCUT2D eigenvalue weighted by molar-refractivity contribution is -0.138. The van der Waals surface area contributed by atoms with Gasteiger partial charge in [-0.15, -0.1) is 0 Å². The number of fused-ring (bicyclic) bond motifs is 1. The number of aliphatic hydroxyl groups is 1. The first kappa shape index (κ1) is 30.4. The van der Waals surface area contributed by atoms with Crippen molar-refractivity contribution in [3.8, 4) is 0 Å². The average molecular weight is 644 g/mol. The molecule has 2 aliphatic heterocycles. The van der Waals surface area contributed by atoms with Gasteiger partial charge in [-0.05, 0) is 61.2 Å². The molecule has 3 heterocycles. The summed E-state index contributed by atoms with van der Waals surface area (Å²) in [5, 5.41) is 15.4. The molecular formula is C26H25ClF3N5O5S2. The number of aliphatic hydroxyl groups excluding tert-OH is 1. The average Bonchev–Trinajstić information content (AvgIpc) is 3.61. The van der Waals surface area contributed by atoms with Gasteiger partial charge in [-0.25, -0.2) is 4.72 Å². The molecule has 42 heavy (non-hydrogen) atoms. The molecule has 2 amide bonds. The maximum Gasteiger partial charge on any atom is 0.416 e. The van der Waals surface area contributed by atoms with Crippen LogP contribution in [0.2, 0.25) is 5.02 Å². The fraction of sp³-hybridized carbons (Fsp3) is 0.346. The van der Waals surface area contributed by atoms with Crippen LogP contribution in [0.4, 0.5) is 13.2 Å². The predicted octanol–water partition coefficient (Wildman–Crippen LogP) is 3.71. The summed E-state index contributed by atoms with van der Waals surface area (Å²) in [5.41, 5.74) is -0.573. The highest BCUT2D eigenvalue weighted by molar-refractivity contribution is 8.05. The zero-order valence-corrected chi connectivity index (χ0v) is 24.4. The van der Waals surface area contributed by atoms with Gasteiger partial charge in [0, 0.05) is 23.5 Å². The van der Waals surface area contributed by atoms with Gasteiger partial charge in [0.15, 0.2) is 5.56 Å². The number of hydrogen-bond donors (Lipinski definition) is 2. The van der Waals surface area contributed by atoms with Crippen LogP contribution in [0.1, 0.15) is 35.2 Å². The Morgan fingerprint density at radius 3 is 2.62 bits per heavy atom. The molecule has 0 saturated carbocycles. The highest BCUT2D eigenvalue weighted by Gasteiger charge is 2.37. The first-order valence-corrected chi connectivity index (χ1v) is 15.4. The summed E-state index contributed by atoms with van der Waals surface area (Å²) in [7, 11) is -4.03. The molecule has 0 bridgehead atoms. The second-order valence-corrected chi connectivity index (χ2v) is 13.0. The maximum absolute atomic E-state index is 13.6. The molecule has 10 nitrogen and oxygen atoms in total. The van der Waals surface area contributed by atoms with E-state index in [4.69, 9.17) is 11.6 Å². The largest absolute Gasteiger partial charge is 0.416 e. The molecule has 1 atom stereocenters. The molecule has 1 aromatic heterocycles. The summed E-state index contributed by atoms with van der Waals surface area (Å²) < 4.78 is 70.0. The second kappa shape index (κ2) is 11.5. The zero-order valence-electron chi connectivity index (χ0n) is 22.1. The lowest BCUT2D eigenvalue weighted by Gasteiger charge is -2.20. The number of rotatable bonds is 7. The number of benzene rings is 2. The van der Waals surface area contributed by atoms with Gasteiger partial charge in [-0.2, -0.15) is 31.0 Å². The minimum Gasteiger partial charge on any atom is -0.364 e. The molecule has 2 fully saturated rings. The Balaban J connectivity index is 1.33. The molecule has 16 heteroatoms. The zero-order chi connectivity index (χ0) is 30.4. The van der Waals surface area contributed by atoms with E-state index in [1.165, 1.54) is 22.9 Å². The minimum atomic E-state index is -4.59. The highest BCUT2D eigenvalue weighted by atomic mass is 35.5. The molecule has 3 aromatic rings. The fourth-order valence-electron chi connectivity index (χ4n) is 4.87. The van der Waals surface area contributed by atoms with Crippen LogP contribution < -0.4 is 4.72 Å². The van der Waals surface area contributed by atoms with Gasteiger partial charge in [-0.3, -0.25) is 19.2 Å². The Hall–Kier alpha value is -3.11. The molecule has 0 spiro atoms. The Morgan fingerprint density at radius 2 is 1.93 bits per heavy atom. The number of alkyl halides is 3. The van der Waals surface area contributed by atoms with Crippen molar-refractivity contribution in [2.75, 3.05) is 19.6 Å². The van der Waals surface area contributed by atoms with Crippen molar-refractivity contribution in [3.05, 3.63) is 68.7 Å². The fourth-order valence-corrected chi connectivity index (χ4v) is 7.21. The van der Waals surface area contributed by atoms with Gasteiger partial charge >= 0.3 is 16.4 Å². The first-order valence-electron chi connectivity index (χ1n) is 12.7. The van der Waals surface area contributed by atoms with Crippen molar-refractivity contribution in [2.24, 2.45) is 0 Å². The predicted molar refractivity (Wildman–Crippen MR) is 151 cm³/mol. The molecule has 0 aliphatic carbocycles. The summed E-state index contributed by atoms with van der Waals surface area (Å²) in [6.07, 6.45) is -1.70. The van der Waals surface area contributed by atoms with E-state index in [1.54, 1.807) is 25.1 Å². The van der Waals surface area contributed by atoms with E-state index >= 15 is 0 Å². The third-order valence-electron chi connectivity index (χ3n) is 6.89. The SMILES string of the molecule is Cc1nn(Cc2ccc(Cl)cc2C(F)(F)F)c2ccc(/C=C3\SC(O)N(CC(=O)NS(=O)(=O)N4CCCC4)C3=O)cc12. The van der Waals surface area contributed by atoms with E-state index in [9.17, 15) is 36.3 Å². The second-order valence-electron chi connectivity index (χ2n) is 9.84. The van der Waals surface area contributed by atoms with Crippen molar-refractivity contribution in [3.63, 3.8) is 0 Å². The van der Waals surface area contributed by atoms with E-state index in [1.807, 2.05) is 4.72 Å². The Bertz CT molecular complexity index is 1700. The Morgan fingerprint density at radius 1 is 1.21 bits per heavy atom. The molecule has 5 rings (SSSR count). The number of aromatic nitrogens is 2. The molecule has 224 valence electrons. The van der Waals surface area contributed by atoms with Gasteiger partial charge < -0.3 is 5.11 Å². The van der Waals surface area contributed by atoms with Gasteiger partial charge in [0.1, 0.15) is 6.54 Å². The van der Waals surface area contributed by atoms with Crippen LogP contribution in [-0.2, 0) is 32.5 Å². The van der Waals surface area contributed by atoms with Crippen molar-refractivity contribution >= 4 is 62.4 Å². The van der Waals surface area contributed by atoms with Crippen LogP contribution in [0.3, 0.4) is 0 Å². The highest BCUT2D eigenvalue weighted by Crippen LogP contribution is 2.36. The number of carbonyl (C=O) groups excluding carboxylic acids is 2. The van der Waals surface area contributed by atoms with Crippen molar-refractivity contribution in [1.82, 2.24) is 23.7 Å². The molecule has 1 unspecified atom stereocenters.